The van der Waals surface area contributed by atoms with Gasteiger partial charge in [-0.05, 0) is 32.2 Å². The van der Waals surface area contributed by atoms with E-state index in [1.54, 1.807) is 0 Å². The zero-order valence-electron chi connectivity index (χ0n) is 10.9. The highest BCUT2D eigenvalue weighted by Crippen LogP contribution is 2.33. The van der Waals surface area contributed by atoms with Crippen molar-refractivity contribution < 1.29 is 0 Å². The fraction of sp³-hybridized carbons (Fsp3) is 0.769. The molecule has 0 radical (unpaired) electrons. The summed E-state index contributed by atoms with van der Waals surface area (Å²) in [6, 6.07) is 0.253. The summed E-state index contributed by atoms with van der Waals surface area (Å²) in [5.41, 5.74) is 8.16. The van der Waals surface area contributed by atoms with E-state index in [1.807, 2.05) is 18.7 Å². The molecular formula is C13H24N4. The lowest BCUT2D eigenvalue weighted by Gasteiger charge is -2.16. The molecule has 0 aromatic carbocycles. The smallest absolute Gasteiger partial charge is 0.0641 e. The van der Waals surface area contributed by atoms with Crippen molar-refractivity contribution in [2.45, 2.75) is 38.6 Å². The molecule has 4 heteroatoms. The van der Waals surface area contributed by atoms with E-state index in [4.69, 9.17) is 5.73 Å². The van der Waals surface area contributed by atoms with Gasteiger partial charge in [-0.2, -0.15) is 5.10 Å². The summed E-state index contributed by atoms with van der Waals surface area (Å²) in [5.74, 6) is 1.02. The molecule has 3 N–H and O–H groups in total. The summed E-state index contributed by atoms with van der Waals surface area (Å²) in [4.78, 5) is 0. The Bertz CT molecular complexity index is 354. The first-order valence-electron chi connectivity index (χ1n) is 6.64. The van der Waals surface area contributed by atoms with Crippen LogP contribution in [-0.4, -0.2) is 22.9 Å². The number of nitrogens with zero attached hydrogens (tertiary/aromatic N) is 2. The zero-order valence-corrected chi connectivity index (χ0v) is 10.9. The molecule has 0 spiro atoms. The maximum absolute atomic E-state index is 5.84. The van der Waals surface area contributed by atoms with E-state index in [0.29, 0.717) is 6.54 Å². The van der Waals surface area contributed by atoms with E-state index in [0.717, 1.165) is 18.2 Å². The lowest BCUT2D eigenvalue weighted by molar-refractivity contribution is 0.510. The zero-order chi connectivity index (χ0) is 12.3. The molecule has 1 saturated carbocycles. The fourth-order valence-electron chi connectivity index (χ4n) is 2.35. The Hall–Kier alpha value is -0.870. The van der Waals surface area contributed by atoms with E-state index in [-0.39, 0.29) is 6.04 Å². The van der Waals surface area contributed by atoms with Crippen LogP contribution in [0.4, 0.5) is 0 Å². The topological polar surface area (TPSA) is 55.9 Å². The largest absolute Gasteiger partial charge is 0.329 e. The summed E-state index contributed by atoms with van der Waals surface area (Å²) < 4.78 is 1.86. The Morgan fingerprint density at radius 1 is 1.59 bits per heavy atom. The van der Waals surface area contributed by atoms with Gasteiger partial charge in [0.05, 0.1) is 5.69 Å². The van der Waals surface area contributed by atoms with Crippen LogP contribution in [0.25, 0.3) is 0 Å². The molecule has 1 aliphatic rings. The van der Waals surface area contributed by atoms with Crippen molar-refractivity contribution in [3.8, 4) is 0 Å². The van der Waals surface area contributed by atoms with Crippen LogP contribution in [0.15, 0.2) is 6.20 Å². The van der Waals surface area contributed by atoms with Gasteiger partial charge in [-0.1, -0.05) is 12.8 Å². The van der Waals surface area contributed by atoms with Crippen molar-refractivity contribution in [2.75, 3.05) is 13.1 Å². The van der Waals surface area contributed by atoms with E-state index < -0.39 is 0 Å². The maximum atomic E-state index is 5.84. The van der Waals surface area contributed by atoms with Gasteiger partial charge in [0.1, 0.15) is 0 Å². The molecule has 96 valence electrons. The molecule has 1 aromatic rings. The Kier molecular flexibility index (Phi) is 4.18. The highest BCUT2D eigenvalue weighted by atomic mass is 15.3. The van der Waals surface area contributed by atoms with Crippen LogP contribution < -0.4 is 11.1 Å². The fourth-order valence-corrected chi connectivity index (χ4v) is 2.35. The molecule has 1 fully saturated rings. The molecule has 0 amide bonds. The average molecular weight is 236 g/mol. The van der Waals surface area contributed by atoms with E-state index >= 15 is 0 Å². The average Bonchev–Trinajstić information content (AvgIpc) is 3.05. The van der Waals surface area contributed by atoms with Gasteiger partial charge < -0.3 is 11.1 Å². The normalized spacial score (nSPS) is 17.4. The van der Waals surface area contributed by atoms with Gasteiger partial charge in [0.25, 0.3) is 0 Å². The first-order valence-corrected chi connectivity index (χ1v) is 6.64. The minimum atomic E-state index is 0.253. The lowest BCUT2D eigenvalue weighted by Crippen LogP contribution is -2.29. The first-order chi connectivity index (χ1) is 8.20. The third kappa shape index (κ3) is 3.54. The molecule has 0 bridgehead atoms. The first kappa shape index (κ1) is 12.6. The van der Waals surface area contributed by atoms with Crippen molar-refractivity contribution in [2.24, 2.45) is 18.7 Å². The van der Waals surface area contributed by atoms with Crippen molar-refractivity contribution >= 4 is 0 Å². The van der Waals surface area contributed by atoms with Gasteiger partial charge in [0, 0.05) is 31.4 Å². The molecule has 17 heavy (non-hydrogen) atoms. The van der Waals surface area contributed by atoms with Crippen LogP contribution in [0.1, 0.15) is 43.0 Å². The molecule has 0 saturated heterocycles. The Labute approximate surface area is 104 Å². The van der Waals surface area contributed by atoms with Gasteiger partial charge in [-0.25, -0.2) is 0 Å². The number of rotatable bonds is 7. The maximum Gasteiger partial charge on any atom is 0.0641 e. The monoisotopic (exact) mass is 236 g/mol. The van der Waals surface area contributed by atoms with Crippen molar-refractivity contribution in [1.29, 1.82) is 0 Å². The highest BCUT2D eigenvalue weighted by molar-refractivity contribution is 5.20. The van der Waals surface area contributed by atoms with E-state index in [9.17, 15) is 0 Å². The number of nitrogens with one attached hydrogen (secondary N) is 1. The molecule has 1 unspecified atom stereocenters. The predicted molar refractivity (Wildman–Crippen MR) is 69.7 cm³/mol. The molecular weight excluding hydrogens is 212 g/mol. The van der Waals surface area contributed by atoms with Gasteiger partial charge in [0.15, 0.2) is 0 Å². The Morgan fingerprint density at radius 3 is 2.88 bits per heavy atom. The lowest BCUT2D eigenvalue weighted by atomic mass is 10.1. The van der Waals surface area contributed by atoms with Crippen LogP contribution in [0.3, 0.4) is 0 Å². The number of hydrogen-bond donors (Lipinski definition) is 2. The summed E-state index contributed by atoms with van der Waals surface area (Å²) >= 11 is 0. The van der Waals surface area contributed by atoms with Crippen LogP contribution in [-0.2, 0) is 7.05 Å². The second-order valence-electron chi connectivity index (χ2n) is 5.17. The Morgan fingerprint density at radius 2 is 2.35 bits per heavy atom. The van der Waals surface area contributed by atoms with Crippen LogP contribution in [0.5, 0.6) is 0 Å². The summed E-state index contributed by atoms with van der Waals surface area (Å²) in [7, 11) is 1.96. The predicted octanol–water partition coefficient (Wildman–Crippen LogP) is 1.51. The van der Waals surface area contributed by atoms with Gasteiger partial charge in [0.2, 0.25) is 0 Å². The van der Waals surface area contributed by atoms with Gasteiger partial charge in [-0.3, -0.25) is 4.68 Å². The molecule has 2 rings (SSSR count). The van der Waals surface area contributed by atoms with Crippen molar-refractivity contribution in [3.05, 3.63) is 17.5 Å². The number of aryl methyl sites for hydroxylation is 2. The van der Waals surface area contributed by atoms with E-state index in [1.165, 1.54) is 31.2 Å². The number of hydrogen-bond acceptors (Lipinski definition) is 3. The second-order valence-corrected chi connectivity index (χ2v) is 5.17. The molecule has 1 aliphatic carbocycles. The molecule has 1 atom stereocenters. The standard InChI is InChI=1S/C13H24N4/c1-10-12(9-17(2)16-10)13(8-14)15-7-3-4-11-5-6-11/h9,11,13,15H,3-8,14H2,1-2H3. The van der Waals surface area contributed by atoms with Crippen molar-refractivity contribution in [3.63, 3.8) is 0 Å². The molecule has 1 aromatic heterocycles. The quantitative estimate of drug-likeness (QED) is 0.706. The highest BCUT2D eigenvalue weighted by Gasteiger charge is 2.20. The summed E-state index contributed by atoms with van der Waals surface area (Å²) in [5, 5.41) is 7.91. The molecule has 1 heterocycles. The molecule has 4 nitrogen and oxygen atoms in total. The Balaban J connectivity index is 1.80. The molecule has 0 aliphatic heterocycles. The minimum Gasteiger partial charge on any atom is -0.329 e. The summed E-state index contributed by atoms with van der Waals surface area (Å²) in [6.07, 6.45) is 7.60. The minimum absolute atomic E-state index is 0.253. The van der Waals surface area contributed by atoms with Crippen LogP contribution >= 0.6 is 0 Å². The van der Waals surface area contributed by atoms with Crippen LogP contribution in [0.2, 0.25) is 0 Å². The second kappa shape index (κ2) is 5.65. The van der Waals surface area contributed by atoms with Crippen LogP contribution in [0, 0.1) is 12.8 Å². The summed E-state index contributed by atoms with van der Waals surface area (Å²) in [6.45, 7) is 3.74. The van der Waals surface area contributed by atoms with Gasteiger partial charge in [-0.15, -0.1) is 0 Å². The SMILES string of the molecule is Cc1nn(C)cc1C(CN)NCCCC1CC1. The van der Waals surface area contributed by atoms with Gasteiger partial charge >= 0.3 is 0 Å². The van der Waals surface area contributed by atoms with E-state index in [2.05, 4.69) is 16.6 Å². The van der Waals surface area contributed by atoms with Crippen molar-refractivity contribution in [1.82, 2.24) is 15.1 Å². The number of nitrogens with two attached hydrogens (primary N) is 1. The number of aromatic nitrogens is 2. The third-order valence-corrected chi connectivity index (χ3v) is 3.54. The third-order valence-electron chi connectivity index (χ3n) is 3.54.